The highest BCUT2D eigenvalue weighted by atomic mass is 16.5. The molecule has 1 saturated heterocycles. The third-order valence-electron chi connectivity index (χ3n) is 5.86. The van der Waals surface area contributed by atoms with Gasteiger partial charge < -0.3 is 14.5 Å². The number of aromatic nitrogens is 3. The first kappa shape index (κ1) is 19.9. The molecule has 2 aromatic heterocycles. The smallest absolute Gasteiger partial charge is 0.255 e. The van der Waals surface area contributed by atoms with E-state index in [1.165, 1.54) is 5.69 Å². The second kappa shape index (κ2) is 8.57. The van der Waals surface area contributed by atoms with Gasteiger partial charge in [-0.2, -0.15) is 0 Å². The lowest BCUT2D eigenvalue weighted by Crippen LogP contribution is -2.45. The van der Waals surface area contributed by atoms with Crippen LogP contribution in [0.2, 0.25) is 0 Å². The highest BCUT2D eigenvalue weighted by molar-refractivity contribution is 5.59. The number of pyridine rings is 1. The molecule has 30 heavy (non-hydrogen) atoms. The number of methoxy groups -OCH3 is 1. The van der Waals surface area contributed by atoms with Crippen LogP contribution in [-0.2, 0) is 7.05 Å². The van der Waals surface area contributed by atoms with Gasteiger partial charge in [0.05, 0.1) is 12.8 Å². The summed E-state index contributed by atoms with van der Waals surface area (Å²) in [6.07, 6.45) is 5.43. The van der Waals surface area contributed by atoms with E-state index in [4.69, 9.17) is 9.72 Å². The molecule has 1 aromatic carbocycles. The normalized spacial score (nSPS) is 14.6. The van der Waals surface area contributed by atoms with Crippen molar-refractivity contribution in [2.75, 3.05) is 37.0 Å². The molecule has 1 fully saturated rings. The second-order valence-corrected chi connectivity index (χ2v) is 7.60. The Bertz CT molecular complexity index is 1040. The standard InChI is InChI=1S/C23H27N5O2/c1-26(18-4-6-20(30-3)7-5-18)19-10-14-28(15-11-19)23-25-21(16-22(29)27(23)2)17-8-12-24-13-9-17/h4-9,12-13,16,19H,10-11,14-15H2,1-3H3. The van der Waals surface area contributed by atoms with Crippen LogP contribution in [-0.4, -0.2) is 47.8 Å². The van der Waals surface area contributed by atoms with E-state index in [2.05, 4.69) is 34.0 Å². The van der Waals surface area contributed by atoms with E-state index in [1.807, 2.05) is 24.3 Å². The van der Waals surface area contributed by atoms with Gasteiger partial charge in [-0.1, -0.05) is 0 Å². The highest BCUT2D eigenvalue weighted by Gasteiger charge is 2.25. The Balaban J connectivity index is 1.50. The van der Waals surface area contributed by atoms with Crippen molar-refractivity contribution in [3.63, 3.8) is 0 Å². The SMILES string of the molecule is COc1ccc(N(C)C2CCN(c3nc(-c4ccncc4)cc(=O)n3C)CC2)cc1. The van der Waals surface area contributed by atoms with E-state index in [-0.39, 0.29) is 5.56 Å². The maximum absolute atomic E-state index is 12.5. The second-order valence-electron chi connectivity index (χ2n) is 7.60. The van der Waals surface area contributed by atoms with Crippen LogP contribution in [0, 0.1) is 0 Å². The van der Waals surface area contributed by atoms with Gasteiger partial charge in [-0.25, -0.2) is 4.98 Å². The van der Waals surface area contributed by atoms with Crippen molar-refractivity contribution in [1.82, 2.24) is 14.5 Å². The van der Waals surface area contributed by atoms with Crippen LogP contribution in [0.25, 0.3) is 11.3 Å². The summed E-state index contributed by atoms with van der Waals surface area (Å²) in [7, 11) is 5.61. The third-order valence-corrected chi connectivity index (χ3v) is 5.86. The predicted octanol–water partition coefficient (Wildman–Crippen LogP) is 2.96. The van der Waals surface area contributed by atoms with Gasteiger partial charge in [0.2, 0.25) is 5.95 Å². The molecular formula is C23H27N5O2. The highest BCUT2D eigenvalue weighted by Crippen LogP contribution is 2.26. The van der Waals surface area contributed by atoms with Gasteiger partial charge >= 0.3 is 0 Å². The summed E-state index contributed by atoms with van der Waals surface area (Å²) in [6.45, 7) is 1.70. The predicted molar refractivity (Wildman–Crippen MR) is 119 cm³/mol. The molecule has 7 nitrogen and oxygen atoms in total. The van der Waals surface area contributed by atoms with E-state index >= 15 is 0 Å². The van der Waals surface area contributed by atoms with Crippen LogP contribution < -0.4 is 20.1 Å². The molecule has 4 rings (SSSR count). The molecule has 1 aliphatic rings. The van der Waals surface area contributed by atoms with Crippen molar-refractivity contribution in [3.05, 3.63) is 65.2 Å². The zero-order valence-electron chi connectivity index (χ0n) is 17.7. The average Bonchev–Trinajstić information content (AvgIpc) is 2.81. The molecular weight excluding hydrogens is 378 g/mol. The molecule has 7 heteroatoms. The van der Waals surface area contributed by atoms with Gasteiger partial charge in [-0.3, -0.25) is 14.3 Å². The van der Waals surface area contributed by atoms with Crippen molar-refractivity contribution in [1.29, 1.82) is 0 Å². The summed E-state index contributed by atoms with van der Waals surface area (Å²) in [5, 5.41) is 0. The van der Waals surface area contributed by atoms with Crippen LogP contribution in [0.4, 0.5) is 11.6 Å². The number of hydrogen-bond acceptors (Lipinski definition) is 6. The summed E-state index contributed by atoms with van der Waals surface area (Å²) < 4.78 is 6.89. The molecule has 0 N–H and O–H groups in total. The first-order valence-electron chi connectivity index (χ1n) is 10.2. The molecule has 156 valence electrons. The van der Waals surface area contributed by atoms with Crippen LogP contribution >= 0.6 is 0 Å². The van der Waals surface area contributed by atoms with Crippen molar-refractivity contribution in [2.24, 2.45) is 7.05 Å². The van der Waals surface area contributed by atoms with E-state index in [1.54, 1.807) is 37.2 Å². The zero-order valence-corrected chi connectivity index (χ0v) is 17.7. The number of nitrogens with zero attached hydrogens (tertiary/aromatic N) is 5. The summed E-state index contributed by atoms with van der Waals surface area (Å²) in [4.78, 5) is 25.9. The van der Waals surface area contributed by atoms with Crippen LogP contribution in [0.5, 0.6) is 5.75 Å². The molecule has 0 spiro atoms. The lowest BCUT2D eigenvalue weighted by atomic mass is 10.0. The Morgan fingerprint density at radius 1 is 1.07 bits per heavy atom. The van der Waals surface area contributed by atoms with E-state index in [0.29, 0.717) is 11.7 Å². The lowest BCUT2D eigenvalue weighted by molar-refractivity contribution is 0.414. The van der Waals surface area contributed by atoms with Crippen LogP contribution in [0.3, 0.4) is 0 Å². The third kappa shape index (κ3) is 4.01. The average molecular weight is 406 g/mol. The van der Waals surface area contributed by atoms with E-state index in [0.717, 1.165) is 43.2 Å². The first-order chi connectivity index (χ1) is 14.6. The maximum Gasteiger partial charge on any atom is 0.255 e. The van der Waals surface area contributed by atoms with Gasteiger partial charge in [-0.15, -0.1) is 0 Å². The summed E-state index contributed by atoms with van der Waals surface area (Å²) in [6, 6.07) is 13.9. The molecule has 0 unspecified atom stereocenters. The van der Waals surface area contributed by atoms with Gasteiger partial charge in [0, 0.05) is 62.9 Å². The molecule has 0 aliphatic carbocycles. The van der Waals surface area contributed by atoms with Crippen LogP contribution in [0.15, 0.2) is 59.7 Å². The van der Waals surface area contributed by atoms with Crippen molar-refractivity contribution in [3.8, 4) is 17.0 Å². The van der Waals surface area contributed by atoms with E-state index < -0.39 is 0 Å². The Morgan fingerprint density at radius 3 is 2.37 bits per heavy atom. The number of piperidine rings is 1. The Labute approximate surface area is 176 Å². The summed E-state index contributed by atoms with van der Waals surface area (Å²) >= 11 is 0. The number of anilines is 2. The zero-order chi connectivity index (χ0) is 21.1. The summed E-state index contributed by atoms with van der Waals surface area (Å²) in [5.74, 6) is 1.59. The van der Waals surface area contributed by atoms with Crippen molar-refractivity contribution < 1.29 is 4.74 Å². The van der Waals surface area contributed by atoms with Gasteiger partial charge in [0.15, 0.2) is 0 Å². The number of hydrogen-bond donors (Lipinski definition) is 0. The van der Waals surface area contributed by atoms with Crippen molar-refractivity contribution in [2.45, 2.75) is 18.9 Å². The van der Waals surface area contributed by atoms with Crippen molar-refractivity contribution >= 4 is 11.6 Å². The number of rotatable bonds is 5. The summed E-state index contributed by atoms with van der Waals surface area (Å²) in [5.41, 5.74) is 2.72. The van der Waals surface area contributed by atoms with Gasteiger partial charge in [0.1, 0.15) is 5.75 Å². The Morgan fingerprint density at radius 2 is 1.73 bits per heavy atom. The monoisotopic (exact) mass is 405 g/mol. The molecule has 0 saturated carbocycles. The molecule has 3 heterocycles. The fourth-order valence-corrected chi connectivity index (χ4v) is 3.96. The van der Waals surface area contributed by atoms with E-state index in [9.17, 15) is 4.79 Å². The minimum absolute atomic E-state index is 0.0516. The lowest BCUT2D eigenvalue weighted by Gasteiger charge is -2.38. The minimum atomic E-state index is -0.0516. The van der Waals surface area contributed by atoms with Gasteiger partial charge in [-0.05, 0) is 49.2 Å². The molecule has 0 radical (unpaired) electrons. The topological polar surface area (TPSA) is 63.5 Å². The molecule has 1 aliphatic heterocycles. The fourth-order valence-electron chi connectivity index (χ4n) is 3.96. The Hall–Kier alpha value is -3.35. The van der Waals surface area contributed by atoms with Gasteiger partial charge in [0.25, 0.3) is 5.56 Å². The molecule has 0 bridgehead atoms. The molecule has 0 amide bonds. The number of benzene rings is 1. The number of ether oxygens (including phenoxy) is 1. The largest absolute Gasteiger partial charge is 0.497 e. The fraction of sp³-hybridized carbons (Fsp3) is 0.348. The first-order valence-corrected chi connectivity index (χ1v) is 10.2. The molecule has 3 aromatic rings. The maximum atomic E-state index is 12.5. The Kier molecular flexibility index (Phi) is 5.70. The minimum Gasteiger partial charge on any atom is -0.497 e. The van der Waals surface area contributed by atoms with Crippen LogP contribution in [0.1, 0.15) is 12.8 Å². The quantitative estimate of drug-likeness (QED) is 0.650. The molecule has 0 atom stereocenters.